The van der Waals surface area contributed by atoms with Gasteiger partial charge in [-0.15, -0.1) is 13.2 Å². The van der Waals surface area contributed by atoms with Crippen LogP contribution in [0, 0.1) is 0 Å². The van der Waals surface area contributed by atoms with E-state index in [1.54, 1.807) is 0 Å². The summed E-state index contributed by atoms with van der Waals surface area (Å²) in [5.74, 6) is -2.07. The lowest BCUT2D eigenvalue weighted by Crippen LogP contribution is -2.42. The fraction of sp³-hybridized carbons (Fsp3) is 0.467. The minimum absolute atomic E-state index is 0.0660. The van der Waals surface area contributed by atoms with Crippen LogP contribution in [0.2, 0.25) is 0 Å². The normalized spacial score (nSPS) is 18.9. The summed E-state index contributed by atoms with van der Waals surface area (Å²) in [6.07, 6.45) is -4.85. The number of hydrogen-bond donors (Lipinski definition) is 0. The predicted octanol–water partition coefficient (Wildman–Crippen LogP) is 1.45. The molecule has 0 aliphatic carbocycles. The highest BCUT2D eigenvalue weighted by Gasteiger charge is 2.37. The van der Waals surface area contributed by atoms with Crippen LogP contribution in [0.1, 0.15) is 10.4 Å². The van der Waals surface area contributed by atoms with Crippen LogP contribution >= 0.6 is 0 Å². The number of Topliss-reactive ketones (excluding diaryl/α,β-unsaturated/α-hetero) is 1. The standard InChI is InChI=1S/C15H15F3N2O4/c16-15(17,18)24-10-1-2-12-11(9-10)13(21)14(22)20(12)4-3-19-5-7-23-8-6-19/h1-2,9H,3-8H2. The van der Waals surface area contributed by atoms with Crippen molar-refractivity contribution in [1.29, 1.82) is 0 Å². The van der Waals surface area contributed by atoms with Crippen molar-refractivity contribution in [3.63, 3.8) is 0 Å². The molecule has 1 aromatic carbocycles. The van der Waals surface area contributed by atoms with Gasteiger partial charge in [-0.25, -0.2) is 0 Å². The molecule has 1 amide bonds. The lowest BCUT2D eigenvalue weighted by Gasteiger charge is -2.28. The third kappa shape index (κ3) is 3.51. The quantitative estimate of drug-likeness (QED) is 0.774. The lowest BCUT2D eigenvalue weighted by molar-refractivity contribution is -0.274. The molecular weight excluding hydrogens is 329 g/mol. The number of anilines is 1. The van der Waals surface area contributed by atoms with Crippen molar-refractivity contribution in [3.05, 3.63) is 23.8 Å². The number of amides is 1. The summed E-state index contributed by atoms with van der Waals surface area (Å²) in [5.41, 5.74) is 0.247. The van der Waals surface area contributed by atoms with Gasteiger partial charge in [0.25, 0.3) is 11.7 Å². The van der Waals surface area contributed by atoms with Gasteiger partial charge < -0.3 is 14.4 Å². The summed E-state index contributed by atoms with van der Waals surface area (Å²) >= 11 is 0. The molecule has 0 saturated carbocycles. The Bertz CT molecular complexity index is 657. The SMILES string of the molecule is O=C1C(=O)N(CCN2CCOCC2)c2ccc(OC(F)(F)F)cc21. The van der Waals surface area contributed by atoms with Crippen LogP contribution in [0.25, 0.3) is 0 Å². The van der Waals surface area contributed by atoms with E-state index in [1.807, 2.05) is 0 Å². The molecule has 1 aromatic rings. The van der Waals surface area contributed by atoms with Crippen molar-refractivity contribution in [2.75, 3.05) is 44.3 Å². The van der Waals surface area contributed by atoms with Crippen molar-refractivity contribution in [1.82, 2.24) is 4.90 Å². The van der Waals surface area contributed by atoms with Crippen LogP contribution in [0.5, 0.6) is 5.75 Å². The molecule has 0 bridgehead atoms. The number of fused-ring (bicyclic) bond motifs is 1. The third-order valence-corrected chi connectivity index (χ3v) is 3.92. The van der Waals surface area contributed by atoms with Crippen LogP contribution in [0.3, 0.4) is 0 Å². The molecule has 0 radical (unpaired) electrons. The van der Waals surface area contributed by atoms with Crippen LogP contribution < -0.4 is 9.64 Å². The summed E-state index contributed by atoms with van der Waals surface area (Å²) in [7, 11) is 0. The van der Waals surface area contributed by atoms with Gasteiger partial charge in [-0.2, -0.15) is 0 Å². The first-order chi connectivity index (χ1) is 11.3. The van der Waals surface area contributed by atoms with Gasteiger partial charge in [-0.1, -0.05) is 0 Å². The number of benzene rings is 1. The second-order valence-electron chi connectivity index (χ2n) is 5.47. The number of alkyl halides is 3. The van der Waals surface area contributed by atoms with Gasteiger partial charge in [0.1, 0.15) is 5.75 Å². The van der Waals surface area contributed by atoms with E-state index in [2.05, 4.69) is 9.64 Å². The highest BCUT2D eigenvalue weighted by atomic mass is 19.4. The summed E-state index contributed by atoms with van der Waals surface area (Å²) in [6, 6.07) is 3.36. The van der Waals surface area contributed by atoms with Gasteiger partial charge in [-0.05, 0) is 18.2 Å². The van der Waals surface area contributed by atoms with Crippen molar-refractivity contribution in [2.24, 2.45) is 0 Å². The molecule has 2 aliphatic rings. The van der Waals surface area contributed by atoms with Gasteiger partial charge in [0.15, 0.2) is 0 Å². The number of morpholine rings is 1. The summed E-state index contributed by atoms with van der Waals surface area (Å²) < 4.78 is 45.8. The van der Waals surface area contributed by atoms with E-state index in [9.17, 15) is 22.8 Å². The Hall–Kier alpha value is -2.13. The number of carbonyl (C=O) groups is 2. The summed E-state index contributed by atoms with van der Waals surface area (Å²) in [6.45, 7) is 3.55. The fourth-order valence-corrected chi connectivity index (χ4v) is 2.76. The lowest BCUT2D eigenvalue weighted by atomic mass is 10.1. The molecule has 2 heterocycles. The average Bonchev–Trinajstić information content (AvgIpc) is 2.76. The predicted molar refractivity (Wildman–Crippen MR) is 77.1 cm³/mol. The first-order valence-electron chi connectivity index (χ1n) is 7.41. The van der Waals surface area contributed by atoms with Gasteiger partial charge in [-0.3, -0.25) is 14.5 Å². The molecule has 130 valence electrons. The maximum atomic E-state index is 12.3. The molecule has 0 aromatic heterocycles. The zero-order chi connectivity index (χ0) is 17.3. The zero-order valence-corrected chi connectivity index (χ0v) is 12.6. The van der Waals surface area contributed by atoms with Crippen LogP contribution in [-0.2, 0) is 9.53 Å². The molecule has 0 unspecified atom stereocenters. The van der Waals surface area contributed by atoms with Crippen molar-refractivity contribution < 1.29 is 32.2 Å². The number of carbonyl (C=O) groups excluding carboxylic acids is 2. The second-order valence-corrected chi connectivity index (χ2v) is 5.47. The van der Waals surface area contributed by atoms with E-state index in [4.69, 9.17) is 4.74 Å². The Balaban J connectivity index is 1.74. The van der Waals surface area contributed by atoms with Crippen LogP contribution in [-0.4, -0.2) is 62.3 Å². The van der Waals surface area contributed by atoms with Crippen LogP contribution in [0.4, 0.5) is 18.9 Å². The number of ether oxygens (including phenoxy) is 2. The Morgan fingerprint density at radius 3 is 2.50 bits per heavy atom. The molecule has 24 heavy (non-hydrogen) atoms. The van der Waals surface area contributed by atoms with Crippen molar-refractivity contribution >= 4 is 17.4 Å². The Morgan fingerprint density at radius 2 is 1.83 bits per heavy atom. The highest BCUT2D eigenvalue weighted by Crippen LogP contribution is 2.33. The maximum absolute atomic E-state index is 12.3. The van der Waals surface area contributed by atoms with Gasteiger partial charge >= 0.3 is 6.36 Å². The van der Waals surface area contributed by atoms with Gasteiger partial charge in [0, 0.05) is 26.2 Å². The second kappa shape index (κ2) is 6.40. The largest absolute Gasteiger partial charge is 0.573 e. The monoisotopic (exact) mass is 344 g/mol. The van der Waals surface area contributed by atoms with E-state index in [1.165, 1.54) is 11.0 Å². The van der Waals surface area contributed by atoms with Crippen molar-refractivity contribution in [3.8, 4) is 5.75 Å². The maximum Gasteiger partial charge on any atom is 0.573 e. The Morgan fingerprint density at radius 1 is 1.12 bits per heavy atom. The van der Waals surface area contributed by atoms with Crippen LogP contribution in [0.15, 0.2) is 18.2 Å². The molecule has 9 heteroatoms. The minimum atomic E-state index is -4.85. The molecule has 1 saturated heterocycles. The zero-order valence-electron chi connectivity index (χ0n) is 12.6. The fourth-order valence-electron chi connectivity index (χ4n) is 2.76. The molecule has 0 atom stereocenters. The molecule has 1 fully saturated rings. The average molecular weight is 344 g/mol. The molecule has 0 N–H and O–H groups in total. The number of nitrogens with zero attached hydrogens (tertiary/aromatic N) is 2. The van der Waals surface area contributed by atoms with Gasteiger partial charge in [0.05, 0.1) is 24.5 Å². The Labute approximate surface area is 135 Å². The number of hydrogen-bond acceptors (Lipinski definition) is 5. The molecule has 0 spiro atoms. The summed E-state index contributed by atoms with van der Waals surface area (Å²) in [4.78, 5) is 27.5. The topological polar surface area (TPSA) is 59.1 Å². The number of rotatable bonds is 4. The van der Waals surface area contributed by atoms with Gasteiger partial charge in [0.2, 0.25) is 0 Å². The summed E-state index contributed by atoms with van der Waals surface area (Å²) in [5, 5.41) is 0. The third-order valence-electron chi connectivity index (χ3n) is 3.92. The highest BCUT2D eigenvalue weighted by molar-refractivity contribution is 6.52. The van der Waals surface area contributed by atoms with E-state index in [0.717, 1.165) is 25.2 Å². The number of halogens is 3. The molecule has 3 rings (SSSR count). The minimum Gasteiger partial charge on any atom is -0.406 e. The first kappa shape index (κ1) is 16.7. The van der Waals surface area contributed by atoms with E-state index < -0.39 is 23.8 Å². The molecular formula is C15H15F3N2O4. The van der Waals surface area contributed by atoms with E-state index >= 15 is 0 Å². The van der Waals surface area contributed by atoms with E-state index in [0.29, 0.717) is 25.4 Å². The first-order valence-corrected chi connectivity index (χ1v) is 7.41. The van der Waals surface area contributed by atoms with E-state index in [-0.39, 0.29) is 12.1 Å². The number of ketones is 1. The molecule has 2 aliphatic heterocycles. The smallest absolute Gasteiger partial charge is 0.406 e. The Kier molecular flexibility index (Phi) is 4.46. The molecule has 6 nitrogen and oxygen atoms in total. The van der Waals surface area contributed by atoms with Crippen molar-refractivity contribution in [2.45, 2.75) is 6.36 Å².